The van der Waals surface area contributed by atoms with Gasteiger partial charge in [-0.25, -0.2) is 0 Å². The van der Waals surface area contributed by atoms with Crippen LogP contribution in [0.25, 0.3) is 0 Å². The van der Waals surface area contributed by atoms with Crippen molar-refractivity contribution in [3.8, 4) is 0 Å². The summed E-state index contributed by atoms with van der Waals surface area (Å²) in [5, 5.41) is 0. The molecule has 2 heteroatoms. The second-order valence-corrected chi connectivity index (χ2v) is 5.64. The lowest BCUT2D eigenvalue weighted by Crippen LogP contribution is -2.39. The normalized spacial score (nSPS) is 45.3. The number of hydrogen-bond donors (Lipinski definition) is 0. The van der Waals surface area contributed by atoms with Crippen LogP contribution in [0.15, 0.2) is 0 Å². The summed E-state index contributed by atoms with van der Waals surface area (Å²) in [5.41, 5.74) is -0.284. The van der Waals surface area contributed by atoms with Crippen molar-refractivity contribution >= 4 is 11.6 Å². The molecule has 0 bridgehead atoms. The Bertz CT molecular complexity index is 308. The van der Waals surface area contributed by atoms with Crippen molar-refractivity contribution in [1.82, 2.24) is 0 Å². The molecule has 2 aliphatic carbocycles. The summed E-state index contributed by atoms with van der Waals surface area (Å²) >= 11 is 0. The largest absolute Gasteiger partial charge is 0.299 e. The molecule has 4 atom stereocenters. The highest BCUT2D eigenvalue weighted by Crippen LogP contribution is 2.55. The minimum Gasteiger partial charge on any atom is -0.299 e. The van der Waals surface area contributed by atoms with E-state index in [-0.39, 0.29) is 17.1 Å². The Kier molecular flexibility index (Phi) is 2.48. The van der Waals surface area contributed by atoms with Gasteiger partial charge in [0.15, 0.2) is 0 Å². The predicted octanol–water partition coefficient (Wildman–Crippen LogP) is 2.61. The van der Waals surface area contributed by atoms with Gasteiger partial charge >= 0.3 is 0 Å². The topological polar surface area (TPSA) is 34.1 Å². The Labute approximate surface area is 91.4 Å². The van der Waals surface area contributed by atoms with Crippen molar-refractivity contribution in [2.75, 3.05) is 0 Å². The number of hydrogen-bond acceptors (Lipinski definition) is 2. The maximum atomic E-state index is 11.9. The third kappa shape index (κ3) is 1.45. The first kappa shape index (κ1) is 10.8. The maximum Gasteiger partial charge on any atom is 0.137 e. The number of ketones is 2. The summed E-state index contributed by atoms with van der Waals surface area (Å²) in [6, 6.07) is 0. The molecule has 2 nitrogen and oxygen atoms in total. The van der Waals surface area contributed by atoms with E-state index >= 15 is 0 Å². The SMILES string of the molecule is CC(=O)C12CC(=O)C(C)C1CCC(C)C2. The van der Waals surface area contributed by atoms with Gasteiger partial charge in [0.05, 0.1) is 0 Å². The molecule has 0 spiro atoms. The zero-order valence-corrected chi connectivity index (χ0v) is 9.88. The van der Waals surface area contributed by atoms with E-state index < -0.39 is 0 Å². The molecule has 0 aromatic carbocycles. The van der Waals surface area contributed by atoms with Crippen molar-refractivity contribution in [2.24, 2.45) is 23.2 Å². The molecule has 0 amide bonds. The van der Waals surface area contributed by atoms with Gasteiger partial charge in [-0.05, 0) is 31.6 Å². The monoisotopic (exact) mass is 208 g/mol. The average molecular weight is 208 g/mol. The van der Waals surface area contributed by atoms with Crippen molar-refractivity contribution in [2.45, 2.75) is 46.5 Å². The Morgan fingerprint density at radius 1 is 1.33 bits per heavy atom. The first-order valence-corrected chi connectivity index (χ1v) is 6.01. The highest BCUT2D eigenvalue weighted by Gasteiger charge is 2.55. The molecule has 2 rings (SSSR count). The standard InChI is InChI=1S/C13H20O2/c1-8-4-5-11-9(2)12(15)7-13(11,6-8)10(3)14/h8-9,11H,4-7H2,1-3H3. The number of Topliss-reactive ketones (excluding diaryl/α,β-unsaturated/α-hetero) is 2. The van der Waals surface area contributed by atoms with Crippen LogP contribution in [0.2, 0.25) is 0 Å². The van der Waals surface area contributed by atoms with E-state index in [2.05, 4.69) is 6.92 Å². The molecule has 84 valence electrons. The van der Waals surface area contributed by atoms with Crippen LogP contribution in [0.1, 0.15) is 46.5 Å². The second kappa shape index (κ2) is 3.43. The summed E-state index contributed by atoms with van der Waals surface area (Å²) < 4.78 is 0. The zero-order valence-electron chi connectivity index (χ0n) is 9.88. The van der Waals surface area contributed by atoms with Crippen LogP contribution in [-0.4, -0.2) is 11.6 Å². The third-order valence-electron chi connectivity index (χ3n) is 4.70. The lowest BCUT2D eigenvalue weighted by molar-refractivity contribution is -0.133. The Morgan fingerprint density at radius 3 is 2.60 bits per heavy atom. The number of carbonyl (C=O) groups is 2. The van der Waals surface area contributed by atoms with Gasteiger partial charge in [-0.3, -0.25) is 9.59 Å². The van der Waals surface area contributed by atoms with Gasteiger partial charge in [0, 0.05) is 17.8 Å². The van der Waals surface area contributed by atoms with Crippen LogP contribution < -0.4 is 0 Å². The lowest BCUT2D eigenvalue weighted by Gasteiger charge is -2.41. The van der Waals surface area contributed by atoms with Crippen LogP contribution in [0.5, 0.6) is 0 Å². The number of fused-ring (bicyclic) bond motifs is 1. The van der Waals surface area contributed by atoms with Gasteiger partial charge in [-0.15, -0.1) is 0 Å². The summed E-state index contributed by atoms with van der Waals surface area (Å²) in [4.78, 5) is 23.7. The van der Waals surface area contributed by atoms with Gasteiger partial charge < -0.3 is 0 Å². The van der Waals surface area contributed by atoms with Gasteiger partial charge in [0.25, 0.3) is 0 Å². The summed E-state index contributed by atoms with van der Waals surface area (Å²) in [6.45, 7) is 5.89. The summed E-state index contributed by atoms with van der Waals surface area (Å²) in [6.07, 6.45) is 3.69. The molecule has 0 aromatic heterocycles. The molecule has 15 heavy (non-hydrogen) atoms. The molecule has 0 radical (unpaired) electrons. The van der Waals surface area contributed by atoms with Crippen LogP contribution in [0.4, 0.5) is 0 Å². The molecule has 0 heterocycles. The minimum absolute atomic E-state index is 0.112. The van der Waals surface area contributed by atoms with Crippen molar-refractivity contribution < 1.29 is 9.59 Å². The molecule has 0 N–H and O–H groups in total. The first-order valence-electron chi connectivity index (χ1n) is 6.01. The summed E-state index contributed by atoms with van der Waals surface area (Å²) in [5.74, 6) is 1.60. The number of carbonyl (C=O) groups excluding carboxylic acids is 2. The van der Waals surface area contributed by atoms with Crippen molar-refractivity contribution in [1.29, 1.82) is 0 Å². The maximum absolute atomic E-state index is 11.9. The molecule has 2 fully saturated rings. The average Bonchev–Trinajstić information content (AvgIpc) is 2.40. The molecular weight excluding hydrogens is 188 g/mol. The Balaban J connectivity index is 2.36. The highest BCUT2D eigenvalue weighted by atomic mass is 16.1. The first-order chi connectivity index (χ1) is 6.97. The van der Waals surface area contributed by atoms with E-state index in [0.717, 1.165) is 12.8 Å². The molecule has 2 aliphatic rings. The van der Waals surface area contributed by atoms with Crippen LogP contribution >= 0.6 is 0 Å². The van der Waals surface area contributed by atoms with E-state index in [0.29, 0.717) is 24.0 Å². The van der Waals surface area contributed by atoms with E-state index in [4.69, 9.17) is 0 Å². The fourth-order valence-corrected chi connectivity index (χ4v) is 3.77. The predicted molar refractivity (Wildman–Crippen MR) is 58.4 cm³/mol. The molecular formula is C13H20O2. The van der Waals surface area contributed by atoms with E-state index in [1.807, 2.05) is 6.92 Å². The van der Waals surface area contributed by atoms with Crippen LogP contribution in [-0.2, 0) is 9.59 Å². The molecule has 0 saturated heterocycles. The molecule has 2 saturated carbocycles. The zero-order chi connectivity index (χ0) is 11.2. The molecule has 0 aliphatic heterocycles. The Morgan fingerprint density at radius 2 is 2.00 bits per heavy atom. The van der Waals surface area contributed by atoms with E-state index in [1.54, 1.807) is 6.92 Å². The van der Waals surface area contributed by atoms with Crippen molar-refractivity contribution in [3.05, 3.63) is 0 Å². The fraction of sp³-hybridized carbons (Fsp3) is 0.846. The van der Waals surface area contributed by atoms with Gasteiger partial charge in [0.2, 0.25) is 0 Å². The van der Waals surface area contributed by atoms with Crippen LogP contribution in [0.3, 0.4) is 0 Å². The van der Waals surface area contributed by atoms with Gasteiger partial charge in [-0.2, -0.15) is 0 Å². The summed E-state index contributed by atoms with van der Waals surface area (Å²) in [7, 11) is 0. The van der Waals surface area contributed by atoms with E-state index in [1.165, 1.54) is 6.42 Å². The minimum atomic E-state index is -0.284. The second-order valence-electron chi connectivity index (χ2n) is 5.64. The van der Waals surface area contributed by atoms with Gasteiger partial charge in [-0.1, -0.05) is 20.3 Å². The van der Waals surface area contributed by atoms with E-state index in [9.17, 15) is 9.59 Å². The smallest absolute Gasteiger partial charge is 0.137 e. The van der Waals surface area contributed by atoms with Gasteiger partial charge in [0.1, 0.15) is 11.6 Å². The Hall–Kier alpha value is -0.660. The van der Waals surface area contributed by atoms with Crippen LogP contribution in [0, 0.1) is 23.2 Å². The molecule has 4 unspecified atom stereocenters. The lowest BCUT2D eigenvalue weighted by atomic mass is 9.62. The fourth-order valence-electron chi connectivity index (χ4n) is 3.77. The quantitative estimate of drug-likeness (QED) is 0.663. The number of rotatable bonds is 1. The highest BCUT2D eigenvalue weighted by molar-refractivity contribution is 5.95. The molecule has 0 aromatic rings. The van der Waals surface area contributed by atoms with Crippen molar-refractivity contribution in [3.63, 3.8) is 0 Å². The third-order valence-corrected chi connectivity index (χ3v) is 4.70.